The zero-order valence-corrected chi connectivity index (χ0v) is 11.3. The molecule has 0 aliphatic heterocycles. The maximum absolute atomic E-state index is 11.7. The van der Waals surface area contributed by atoms with Gasteiger partial charge in [-0.3, -0.25) is 14.7 Å². The van der Waals surface area contributed by atoms with Crippen LogP contribution in [-0.2, 0) is 4.84 Å². The Morgan fingerprint density at radius 1 is 1.44 bits per heavy atom. The highest BCUT2D eigenvalue weighted by molar-refractivity contribution is 9.10. The lowest BCUT2D eigenvalue weighted by Crippen LogP contribution is -2.24. The monoisotopic (exact) mass is 309 g/mol. The van der Waals surface area contributed by atoms with Gasteiger partial charge in [0.2, 0.25) is 0 Å². The zero-order valence-electron chi connectivity index (χ0n) is 9.74. The standard InChI is InChI=1S/C12H12BrN3O2/c1-2-18-16-12(17)11-9(13)10(14-15-11)8-6-4-3-5-7-8/h3-7H,2H2,1H3,(H,14,15)(H,16,17). The summed E-state index contributed by atoms with van der Waals surface area (Å²) in [4.78, 5) is 16.6. The van der Waals surface area contributed by atoms with Gasteiger partial charge in [-0.15, -0.1) is 0 Å². The summed E-state index contributed by atoms with van der Waals surface area (Å²) in [6.07, 6.45) is 0. The van der Waals surface area contributed by atoms with Crippen LogP contribution in [0.4, 0.5) is 0 Å². The molecule has 1 amide bonds. The smallest absolute Gasteiger partial charge is 0.274 e. The lowest BCUT2D eigenvalue weighted by molar-refractivity contribution is 0.0359. The van der Waals surface area contributed by atoms with Crippen LogP contribution in [-0.4, -0.2) is 22.7 Å². The van der Waals surface area contributed by atoms with Crippen molar-refractivity contribution >= 4 is 21.8 Å². The fraction of sp³-hybridized carbons (Fsp3) is 0.167. The Bertz CT molecular complexity index is 540. The summed E-state index contributed by atoms with van der Waals surface area (Å²) in [6.45, 7) is 2.20. The molecule has 0 spiro atoms. The Morgan fingerprint density at radius 2 is 2.17 bits per heavy atom. The van der Waals surface area contributed by atoms with Crippen molar-refractivity contribution < 1.29 is 9.63 Å². The van der Waals surface area contributed by atoms with Crippen LogP contribution in [0.1, 0.15) is 17.4 Å². The van der Waals surface area contributed by atoms with E-state index in [4.69, 9.17) is 4.84 Å². The fourth-order valence-corrected chi connectivity index (χ4v) is 2.04. The average molecular weight is 310 g/mol. The van der Waals surface area contributed by atoms with Crippen molar-refractivity contribution in [2.75, 3.05) is 6.61 Å². The van der Waals surface area contributed by atoms with E-state index in [2.05, 4.69) is 31.6 Å². The van der Waals surface area contributed by atoms with Crippen molar-refractivity contribution in [3.63, 3.8) is 0 Å². The second-order valence-electron chi connectivity index (χ2n) is 3.49. The highest BCUT2D eigenvalue weighted by atomic mass is 79.9. The number of hydroxylamine groups is 1. The van der Waals surface area contributed by atoms with Crippen molar-refractivity contribution in [1.82, 2.24) is 15.7 Å². The number of nitrogens with zero attached hydrogens (tertiary/aromatic N) is 1. The number of nitrogens with one attached hydrogen (secondary N) is 2. The van der Waals surface area contributed by atoms with E-state index < -0.39 is 0 Å². The second kappa shape index (κ2) is 5.79. The number of benzene rings is 1. The molecule has 1 aromatic heterocycles. The van der Waals surface area contributed by atoms with Crippen LogP contribution < -0.4 is 5.48 Å². The van der Waals surface area contributed by atoms with Crippen LogP contribution in [0.15, 0.2) is 34.8 Å². The van der Waals surface area contributed by atoms with E-state index in [0.717, 1.165) is 5.56 Å². The third-order valence-corrected chi connectivity index (χ3v) is 3.06. The number of rotatable bonds is 4. The van der Waals surface area contributed by atoms with Crippen LogP contribution >= 0.6 is 15.9 Å². The first-order valence-corrected chi connectivity index (χ1v) is 6.24. The van der Waals surface area contributed by atoms with Crippen LogP contribution in [0, 0.1) is 0 Å². The SMILES string of the molecule is CCONC(=O)c1[nH]nc(-c2ccccc2)c1Br. The van der Waals surface area contributed by atoms with E-state index in [9.17, 15) is 4.79 Å². The van der Waals surface area contributed by atoms with Gasteiger partial charge in [0, 0.05) is 5.56 Å². The Hall–Kier alpha value is -1.66. The molecule has 0 fully saturated rings. The van der Waals surface area contributed by atoms with Gasteiger partial charge in [0.15, 0.2) is 0 Å². The fourth-order valence-electron chi connectivity index (χ4n) is 1.45. The quantitative estimate of drug-likeness (QED) is 0.853. The molecular weight excluding hydrogens is 298 g/mol. The zero-order chi connectivity index (χ0) is 13.0. The molecule has 0 unspecified atom stereocenters. The molecule has 2 rings (SSSR count). The number of amides is 1. The number of H-pyrrole nitrogens is 1. The first-order valence-electron chi connectivity index (χ1n) is 5.45. The Labute approximate surface area is 113 Å². The molecular formula is C12H12BrN3O2. The van der Waals surface area contributed by atoms with Crippen molar-refractivity contribution in [3.8, 4) is 11.3 Å². The predicted molar refractivity (Wildman–Crippen MR) is 70.8 cm³/mol. The van der Waals surface area contributed by atoms with Gasteiger partial charge in [-0.05, 0) is 22.9 Å². The van der Waals surface area contributed by atoms with Crippen LogP contribution in [0.25, 0.3) is 11.3 Å². The van der Waals surface area contributed by atoms with E-state index in [0.29, 0.717) is 22.5 Å². The van der Waals surface area contributed by atoms with E-state index in [-0.39, 0.29) is 5.91 Å². The molecule has 5 nitrogen and oxygen atoms in total. The first kappa shape index (κ1) is 12.8. The molecule has 18 heavy (non-hydrogen) atoms. The Balaban J connectivity index is 2.27. The molecule has 0 aliphatic rings. The highest BCUT2D eigenvalue weighted by Gasteiger charge is 2.18. The first-order chi connectivity index (χ1) is 8.74. The molecule has 2 N–H and O–H groups in total. The lowest BCUT2D eigenvalue weighted by Gasteiger charge is -2.01. The number of aromatic nitrogens is 2. The molecule has 1 heterocycles. The van der Waals surface area contributed by atoms with Gasteiger partial charge in [-0.1, -0.05) is 30.3 Å². The largest absolute Gasteiger partial charge is 0.294 e. The van der Waals surface area contributed by atoms with E-state index in [1.165, 1.54) is 0 Å². The summed E-state index contributed by atoms with van der Waals surface area (Å²) in [5, 5.41) is 6.82. The summed E-state index contributed by atoms with van der Waals surface area (Å²) in [5.41, 5.74) is 4.27. The second-order valence-corrected chi connectivity index (χ2v) is 4.28. The van der Waals surface area contributed by atoms with Gasteiger partial charge in [0.05, 0.1) is 11.1 Å². The van der Waals surface area contributed by atoms with Gasteiger partial charge in [-0.25, -0.2) is 5.48 Å². The molecule has 2 aromatic rings. The molecule has 1 aromatic carbocycles. The molecule has 0 bridgehead atoms. The van der Waals surface area contributed by atoms with E-state index in [1.807, 2.05) is 30.3 Å². The maximum Gasteiger partial charge on any atom is 0.294 e. The molecule has 0 atom stereocenters. The van der Waals surface area contributed by atoms with Gasteiger partial charge in [-0.2, -0.15) is 5.10 Å². The van der Waals surface area contributed by atoms with Gasteiger partial charge in [0.25, 0.3) is 5.91 Å². The summed E-state index contributed by atoms with van der Waals surface area (Å²) >= 11 is 3.37. The van der Waals surface area contributed by atoms with Crippen LogP contribution in [0.5, 0.6) is 0 Å². The molecule has 6 heteroatoms. The number of halogens is 1. The van der Waals surface area contributed by atoms with Gasteiger partial charge >= 0.3 is 0 Å². The van der Waals surface area contributed by atoms with Crippen molar-refractivity contribution in [2.45, 2.75) is 6.92 Å². The normalized spacial score (nSPS) is 10.3. The van der Waals surface area contributed by atoms with Gasteiger partial charge in [0.1, 0.15) is 11.4 Å². The van der Waals surface area contributed by atoms with Crippen molar-refractivity contribution in [2.24, 2.45) is 0 Å². The molecule has 0 saturated carbocycles. The minimum Gasteiger partial charge on any atom is -0.274 e. The van der Waals surface area contributed by atoms with Crippen LogP contribution in [0.2, 0.25) is 0 Å². The molecule has 0 saturated heterocycles. The molecule has 0 aliphatic carbocycles. The third kappa shape index (κ3) is 2.60. The number of carbonyl (C=O) groups is 1. The Morgan fingerprint density at radius 3 is 2.83 bits per heavy atom. The average Bonchev–Trinajstić information content (AvgIpc) is 2.79. The third-order valence-electron chi connectivity index (χ3n) is 2.29. The topological polar surface area (TPSA) is 67.0 Å². The molecule has 0 radical (unpaired) electrons. The highest BCUT2D eigenvalue weighted by Crippen LogP contribution is 2.28. The molecule has 94 valence electrons. The Kier molecular flexibility index (Phi) is 4.11. The number of aromatic amines is 1. The number of carbonyl (C=O) groups excluding carboxylic acids is 1. The summed E-state index contributed by atoms with van der Waals surface area (Å²) in [6, 6.07) is 9.59. The predicted octanol–water partition coefficient (Wildman–Crippen LogP) is 2.52. The summed E-state index contributed by atoms with van der Waals surface area (Å²) < 4.78 is 0.617. The van der Waals surface area contributed by atoms with Crippen molar-refractivity contribution in [3.05, 3.63) is 40.5 Å². The minimum atomic E-state index is -0.363. The van der Waals surface area contributed by atoms with E-state index >= 15 is 0 Å². The number of hydrogen-bond donors (Lipinski definition) is 2. The minimum absolute atomic E-state index is 0.335. The summed E-state index contributed by atoms with van der Waals surface area (Å²) in [5.74, 6) is -0.363. The maximum atomic E-state index is 11.7. The summed E-state index contributed by atoms with van der Waals surface area (Å²) in [7, 11) is 0. The van der Waals surface area contributed by atoms with Crippen LogP contribution in [0.3, 0.4) is 0 Å². The number of hydrogen-bond acceptors (Lipinski definition) is 3. The van der Waals surface area contributed by atoms with E-state index in [1.54, 1.807) is 6.92 Å². The van der Waals surface area contributed by atoms with Crippen molar-refractivity contribution in [1.29, 1.82) is 0 Å². The van der Waals surface area contributed by atoms with Gasteiger partial charge < -0.3 is 0 Å². The lowest BCUT2D eigenvalue weighted by atomic mass is 10.1.